The van der Waals surface area contributed by atoms with Crippen molar-refractivity contribution in [3.8, 4) is 0 Å². The van der Waals surface area contributed by atoms with E-state index in [-0.39, 0.29) is 5.91 Å². The van der Waals surface area contributed by atoms with E-state index in [0.29, 0.717) is 6.42 Å². The zero-order valence-electron chi connectivity index (χ0n) is 17.0. The molecule has 3 rings (SSSR count). The van der Waals surface area contributed by atoms with Crippen molar-refractivity contribution in [1.82, 2.24) is 4.90 Å². The minimum atomic E-state index is 0.0978. The van der Waals surface area contributed by atoms with Crippen LogP contribution in [0.5, 0.6) is 0 Å². The molecule has 0 unspecified atom stereocenters. The van der Waals surface area contributed by atoms with Gasteiger partial charge in [0.1, 0.15) is 0 Å². The SMILES string of the molecule is Cc1ccc(C)c(NC(=O)CCN2CCN(c3cccc(C)c3C)CC2)c1. The molecule has 0 bridgehead atoms. The summed E-state index contributed by atoms with van der Waals surface area (Å²) in [5.41, 5.74) is 7.27. The molecule has 0 spiro atoms. The van der Waals surface area contributed by atoms with Gasteiger partial charge in [-0.15, -0.1) is 0 Å². The number of piperazine rings is 1. The van der Waals surface area contributed by atoms with E-state index in [4.69, 9.17) is 0 Å². The second-order valence-electron chi connectivity index (χ2n) is 7.66. The molecule has 1 heterocycles. The molecule has 1 fully saturated rings. The maximum atomic E-state index is 12.3. The summed E-state index contributed by atoms with van der Waals surface area (Å²) >= 11 is 0. The van der Waals surface area contributed by atoms with Crippen LogP contribution in [0.25, 0.3) is 0 Å². The van der Waals surface area contributed by atoms with E-state index in [0.717, 1.165) is 44.0 Å². The number of benzene rings is 2. The number of anilines is 2. The number of carbonyl (C=O) groups excluding carboxylic acids is 1. The van der Waals surface area contributed by atoms with Crippen LogP contribution in [-0.4, -0.2) is 43.5 Å². The van der Waals surface area contributed by atoms with Gasteiger partial charge in [0.15, 0.2) is 0 Å². The fourth-order valence-electron chi connectivity index (χ4n) is 3.63. The third kappa shape index (κ3) is 4.89. The molecule has 4 nitrogen and oxygen atoms in total. The first-order chi connectivity index (χ1) is 12.9. The van der Waals surface area contributed by atoms with E-state index < -0.39 is 0 Å². The number of aryl methyl sites for hydroxylation is 3. The molecular weight excluding hydrogens is 334 g/mol. The molecule has 1 N–H and O–H groups in total. The second-order valence-corrected chi connectivity index (χ2v) is 7.66. The third-order valence-corrected chi connectivity index (χ3v) is 5.61. The Bertz CT molecular complexity index is 807. The molecule has 1 saturated heterocycles. The standard InChI is InChI=1S/C23H31N3O/c1-17-8-9-19(3)21(16-17)24-23(27)10-11-25-12-14-26(15-13-25)22-7-5-6-18(2)20(22)4/h5-9,16H,10-15H2,1-4H3,(H,24,27). The molecule has 1 aliphatic rings. The summed E-state index contributed by atoms with van der Waals surface area (Å²) in [6.45, 7) is 13.3. The van der Waals surface area contributed by atoms with Crippen LogP contribution in [0.2, 0.25) is 0 Å². The Labute approximate surface area is 163 Å². The van der Waals surface area contributed by atoms with Gasteiger partial charge >= 0.3 is 0 Å². The molecular formula is C23H31N3O. The molecule has 0 saturated carbocycles. The lowest BCUT2D eigenvalue weighted by atomic mass is 10.1. The summed E-state index contributed by atoms with van der Waals surface area (Å²) in [7, 11) is 0. The van der Waals surface area contributed by atoms with Crippen LogP contribution in [0, 0.1) is 27.7 Å². The van der Waals surface area contributed by atoms with Gasteiger partial charge in [-0.1, -0.05) is 24.3 Å². The van der Waals surface area contributed by atoms with Crippen molar-refractivity contribution in [2.75, 3.05) is 42.9 Å². The first-order valence-corrected chi connectivity index (χ1v) is 9.84. The molecule has 0 radical (unpaired) electrons. The Hall–Kier alpha value is -2.33. The fourth-order valence-corrected chi connectivity index (χ4v) is 3.63. The largest absolute Gasteiger partial charge is 0.369 e. The number of nitrogens with one attached hydrogen (secondary N) is 1. The van der Waals surface area contributed by atoms with Gasteiger partial charge in [-0.05, 0) is 62.1 Å². The average molecular weight is 366 g/mol. The predicted octanol–water partition coefficient (Wildman–Crippen LogP) is 4.07. The van der Waals surface area contributed by atoms with Gasteiger partial charge in [0.2, 0.25) is 5.91 Å². The molecule has 0 atom stereocenters. The second kappa shape index (κ2) is 8.57. The van der Waals surface area contributed by atoms with Crippen LogP contribution in [0.1, 0.15) is 28.7 Å². The van der Waals surface area contributed by atoms with E-state index in [2.05, 4.69) is 59.3 Å². The van der Waals surface area contributed by atoms with E-state index >= 15 is 0 Å². The van der Waals surface area contributed by atoms with Crippen LogP contribution in [0.3, 0.4) is 0 Å². The maximum Gasteiger partial charge on any atom is 0.225 e. The molecule has 144 valence electrons. The highest BCUT2D eigenvalue weighted by molar-refractivity contribution is 5.91. The summed E-state index contributed by atoms with van der Waals surface area (Å²) in [4.78, 5) is 17.2. The van der Waals surface area contributed by atoms with Gasteiger partial charge in [0, 0.05) is 50.5 Å². The Morgan fingerprint density at radius 1 is 0.963 bits per heavy atom. The normalized spacial score (nSPS) is 15.0. The highest BCUT2D eigenvalue weighted by Gasteiger charge is 2.19. The minimum absolute atomic E-state index is 0.0978. The van der Waals surface area contributed by atoms with Crippen LogP contribution in [0.4, 0.5) is 11.4 Å². The molecule has 4 heteroatoms. The van der Waals surface area contributed by atoms with Gasteiger partial charge in [-0.25, -0.2) is 0 Å². The van der Waals surface area contributed by atoms with Gasteiger partial charge in [-0.3, -0.25) is 9.69 Å². The zero-order valence-corrected chi connectivity index (χ0v) is 17.0. The van der Waals surface area contributed by atoms with Gasteiger partial charge in [0.05, 0.1) is 0 Å². The molecule has 2 aromatic rings. The van der Waals surface area contributed by atoms with E-state index in [1.54, 1.807) is 0 Å². The lowest BCUT2D eigenvalue weighted by Crippen LogP contribution is -2.47. The average Bonchev–Trinajstić information content (AvgIpc) is 2.66. The minimum Gasteiger partial charge on any atom is -0.369 e. The van der Waals surface area contributed by atoms with Gasteiger partial charge in [0.25, 0.3) is 0 Å². The van der Waals surface area contributed by atoms with Crippen molar-refractivity contribution in [2.24, 2.45) is 0 Å². The summed E-state index contributed by atoms with van der Waals surface area (Å²) in [6, 6.07) is 12.7. The molecule has 1 amide bonds. The molecule has 0 aromatic heterocycles. The van der Waals surface area contributed by atoms with Crippen LogP contribution in [-0.2, 0) is 4.79 Å². The monoisotopic (exact) mass is 365 g/mol. The van der Waals surface area contributed by atoms with Crippen molar-refractivity contribution in [3.63, 3.8) is 0 Å². The number of hydrogen-bond acceptors (Lipinski definition) is 3. The van der Waals surface area contributed by atoms with Crippen molar-refractivity contribution in [3.05, 3.63) is 58.7 Å². The van der Waals surface area contributed by atoms with E-state index in [1.807, 2.05) is 19.9 Å². The van der Waals surface area contributed by atoms with Crippen molar-refractivity contribution in [1.29, 1.82) is 0 Å². The zero-order chi connectivity index (χ0) is 19.4. The van der Waals surface area contributed by atoms with Crippen LogP contribution < -0.4 is 10.2 Å². The van der Waals surface area contributed by atoms with E-state index in [9.17, 15) is 4.79 Å². The number of hydrogen-bond donors (Lipinski definition) is 1. The van der Waals surface area contributed by atoms with Crippen LogP contribution in [0.15, 0.2) is 36.4 Å². The quantitative estimate of drug-likeness (QED) is 0.867. The number of rotatable bonds is 5. The first-order valence-electron chi connectivity index (χ1n) is 9.84. The summed E-state index contributed by atoms with van der Waals surface area (Å²) in [5.74, 6) is 0.0978. The van der Waals surface area contributed by atoms with Crippen molar-refractivity contribution in [2.45, 2.75) is 34.1 Å². The Morgan fingerprint density at radius 2 is 1.70 bits per heavy atom. The topological polar surface area (TPSA) is 35.6 Å². The van der Waals surface area contributed by atoms with Gasteiger partial charge in [-0.2, -0.15) is 0 Å². The van der Waals surface area contributed by atoms with Crippen molar-refractivity contribution >= 4 is 17.3 Å². The summed E-state index contributed by atoms with van der Waals surface area (Å²) in [5, 5.41) is 3.06. The molecule has 0 aliphatic carbocycles. The lowest BCUT2D eigenvalue weighted by Gasteiger charge is -2.37. The van der Waals surface area contributed by atoms with Crippen LogP contribution >= 0.6 is 0 Å². The Kier molecular flexibility index (Phi) is 6.17. The van der Waals surface area contributed by atoms with E-state index in [1.165, 1.54) is 22.4 Å². The van der Waals surface area contributed by atoms with Gasteiger partial charge < -0.3 is 10.2 Å². The predicted molar refractivity (Wildman–Crippen MR) is 114 cm³/mol. The highest BCUT2D eigenvalue weighted by atomic mass is 16.1. The maximum absolute atomic E-state index is 12.3. The third-order valence-electron chi connectivity index (χ3n) is 5.61. The van der Waals surface area contributed by atoms with Crippen molar-refractivity contribution < 1.29 is 4.79 Å². The number of carbonyl (C=O) groups is 1. The molecule has 1 aliphatic heterocycles. The fraction of sp³-hybridized carbons (Fsp3) is 0.435. The Morgan fingerprint density at radius 3 is 2.44 bits per heavy atom. The Balaban J connectivity index is 1.47. The summed E-state index contributed by atoms with van der Waals surface area (Å²) < 4.78 is 0. The lowest BCUT2D eigenvalue weighted by molar-refractivity contribution is -0.116. The number of nitrogens with zero attached hydrogens (tertiary/aromatic N) is 2. The molecule has 2 aromatic carbocycles. The summed E-state index contributed by atoms with van der Waals surface area (Å²) in [6.07, 6.45) is 0.539. The molecule has 27 heavy (non-hydrogen) atoms. The smallest absolute Gasteiger partial charge is 0.225 e. The highest BCUT2D eigenvalue weighted by Crippen LogP contribution is 2.24. The first kappa shape index (κ1) is 19.4. The number of amides is 1.